The topological polar surface area (TPSA) is 105 Å². The average molecular weight is 423 g/mol. The number of carbonyl (C=O) groups excluding carboxylic acids is 4. The van der Waals surface area contributed by atoms with E-state index in [1.165, 1.54) is 30.2 Å². The summed E-state index contributed by atoms with van der Waals surface area (Å²) in [5.41, 5.74) is 0.528. The summed E-state index contributed by atoms with van der Waals surface area (Å²) in [5.74, 6) is -1.02. The summed E-state index contributed by atoms with van der Waals surface area (Å²) in [6.07, 6.45) is 0. The zero-order valence-electron chi connectivity index (χ0n) is 17.9. The fourth-order valence-corrected chi connectivity index (χ4v) is 3.37. The maximum Gasteiger partial charge on any atom is 0.262 e. The number of methoxy groups -OCH3 is 1. The van der Waals surface area contributed by atoms with Gasteiger partial charge in [0.15, 0.2) is 0 Å². The summed E-state index contributed by atoms with van der Waals surface area (Å²) in [6.45, 7) is 5.74. The number of rotatable bonds is 6. The molecule has 0 aromatic heterocycles. The van der Waals surface area contributed by atoms with Crippen LogP contribution >= 0.6 is 0 Å². The summed E-state index contributed by atoms with van der Waals surface area (Å²) in [7, 11) is 1.49. The van der Waals surface area contributed by atoms with E-state index in [9.17, 15) is 19.2 Å². The van der Waals surface area contributed by atoms with Gasteiger partial charge in [-0.2, -0.15) is 0 Å². The van der Waals surface area contributed by atoms with Gasteiger partial charge in [0.1, 0.15) is 5.75 Å². The molecule has 1 heterocycles. The van der Waals surface area contributed by atoms with E-state index in [0.29, 0.717) is 16.9 Å². The minimum Gasteiger partial charge on any atom is -0.496 e. The highest BCUT2D eigenvalue weighted by Crippen LogP contribution is 2.29. The minimum atomic E-state index is -0.657. The molecular formula is C23H25N3O5. The van der Waals surface area contributed by atoms with Gasteiger partial charge in [-0.05, 0) is 51.1 Å². The molecule has 31 heavy (non-hydrogen) atoms. The Labute approximate surface area is 180 Å². The fraction of sp³-hybridized carbons (Fsp3) is 0.304. The highest BCUT2D eigenvalue weighted by Gasteiger charge is 2.42. The summed E-state index contributed by atoms with van der Waals surface area (Å²) in [5, 5.41) is 5.42. The van der Waals surface area contributed by atoms with Crippen molar-refractivity contribution in [3.8, 4) is 5.75 Å². The molecule has 162 valence electrons. The van der Waals surface area contributed by atoms with E-state index < -0.39 is 17.4 Å². The van der Waals surface area contributed by atoms with E-state index >= 15 is 0 Å². The van der Waals surface area contributed by atoms with E-state index in [1.54, 1.807) is 45.0 Å². The number of para-hydroxylation sites is 1. The molecule has 2 N–H and O–H groups in total. The second-order valence-electron chi connectivity index (χ2n) is 8.09. The third-order valence-electron chi connectivity index (χ3n) is 4.87. The second kappa shape index (κ2) is 8.59. The molecule has 0 saturated carbocycles. The van der Waals surface area contributed by atoms with E-state index in [4.69, 9.17) is 4.74 Å². The number of hydrogen-bond donors (Lipinski definition) is 2. The van der Waals surface area contributed by atoms with Crippen LogP contribution in [0.3, 0.4) is 0 Å². The Kier molecular flexibility index (Phi) is 6.10. The molecule has 8 nitrogen and oxygen atoms in total. The maximum atomic E-state index is 12.7. The van der Waals surface area contributed by atoms with Crippen LogP contribution in [0.2, 0.25) is 0 Å². The van der Waals surface area contributed by atoms with Crippen molar-refractivity contribution >= 4 is 23.6 Å². The van der Waals surface area contributed by atoms with Crippen LogP contribution in [0.5, 0.6) is 5.75 Å². The first-order valence-corrected chi connectivity index (χ1v) is 9.87. The van der Waals surface area contributed by atoms with E-state index in [-0.39, 0.29) is 36.0 Å². The fourth-order valence-electron chi connectivity index (χ4n) is 3.37. The lowest BCUT2D eigenvalue weighted by Gasteiger charge is -2.29. The van der Waals surface area contributed by atoms with Crippen LogP contribution in [0.4, 0.5) is 0 Å². The zero-order chi connectivity index (χ0) is 22.8. The van der Waals surface area contributed by atoms with Gasteiger partial charge in [-0.25, -0.2) is 0 Å². The van der Waals surface area contributed by atoms with Crippen molar-refractivity contribution in [2.24, 2.45) is 0 Å². The predicted octanol–water partition coefficient (Wildman–Crippen LogP) is 2.25. The smallest absolute Gasteiger partial charge is 0.262 e. The maximum absolute atomic E-state index is 12.7. The molecule has 4 amide bonds. The normalized spacial score (nSPS) is 13.1. The number of amides is 4. The van der Waals surface area contributed by atoms with Crippen LogP contribution in [0.1, 0.15) is 62.2 Å². The molecule has 3 rings (SSSR count). The first kappa shape index (κ1) is 22.0. The number of fused-ring (bicyclic) bond motifs is 1. The number of ether oxygens (including phenoxy) is 1. The Morgan fingerprint density at radius 2 is 1.52 bits per heavy atom. The lowest BCUT2D eigenvalue weighted by atomic mass is 10.1. The zero-order valence-corrected chi connectivity index (χ0v) is 17.9. The summed E-state index contributed by atoms with van der Waals surface area (Å²) >= 11 is 0. The van der Waals surface area contributed by atoms with Crippen molar-refractivity contribution in [2.75, 3.05) is 20.2 Å². The molecule has 0 saturated heterocycles. The third kappa shape index (κ3) is 4.42. The van der Waals surface area contributed by atoms with Crippen molar-refractivity contribution < 1.29 is 23.9 Å². The number of carbonyl (C=O) groups is 4. The SMILES string of the molecule is COc1ccccc1C(=O)NCCNC(=O)c1ccc2c(c1)C(=O)N(C(C)(C)C)C2=O. The number of hydrogen-bond acceptors (Lipinski definition) is 5. The van der Waals surface area contributed by atoms with Crippen molar-refractivity contribution in [3.05, 3.63) is 64.7 Å². The van der Waals surface area contributed by atoms with Gasteiger partial charge in [0, 0.05) is 24.2 Å². The predicted molar refractivity (Wildman–Crippen MR) is 114 cm³/mol. The third-order valence-corrected chi connectivity index (χ3v) is 4.87. The first-order chi connectivity index (χ1) is 14.6. The van der Waals surface area contributed by atoms with Crippen LogP contribution in [-0.2, 0) is 0 Å². The van der Waals surface area contributed by atoms with Crippen molar-refractivity contribution in [1.82, 2.24) is 15.5 Å². The van der Waals surface area contributed by atoms with Gasteiger partial charge in [-0.3, -0.25) is 24.1 Å². The van der Waals surface area contributed by atoms with Gasteiger partial charge >= 0.3 is 0 Å². The number of nitrogens with zero attached hydrogens (tertiary/aromatic N) is 1. The molecule has 1 aliphatic heterocycles. The largest absolute Gasteiger partial charge is 0.496 e. The van der Waals surface area contributed by atoms with Gasteiger partial charge in [-0.1, -0.05) is 12.1 Å². The van der Waals surface area contributed by atoms with Crippen LogP contribution in [0, 0.1) is 0 Å². The molecule has 0 unspecified atom stereocenters. The quantitative estimate of drug-likeness (QED) is 0.548. The summed E-state index contributed by atoms with van der Waals surface area (Å²) in [6, 6.07) is 11.3. The molecular weight excluding hydrogens is 398 g/mol. The number of benzene rings is 2. The first-order valence-electron chi connectivity index (χ1n) is 9.87. The van der Waals surface area contributed by atoms with E-state index in [1.807, 2.05) is 0 Å². The van der Waals surface area contributed by atoms with Gasteiger partial charge in [-0.15, -0.1) is 0 Å². The Morgan fingerprint density at radius 3 is 2.16 bits per heavy atom. The van der Waals surface area contributed by atoms with Gasteiger partial charge < -0.3 is 15.4 Å². The number of nitrogens with one attached hydrogen (secondary N) is 2. The molecule has 1 aliphatic rings. The second-order valence-corrected chi connectivity index (χ2v) is 8.09. The van der Waals surface area contributed by atoms with Crippen LogP contribution in [0.15, 0.2) is 42.5 Å². The van der Waals surface area contributed by atoms with Gasteiger partial charge in [0.2, 0.25) is 0 Å². The standard InChI is InChI=1S/C23H25N3O5/c1-23(2,3)26-21(29)15-10-9-14(13-17(15)22(26)30)19(27)24-11-12-25-20(28)16-7-5-6-8-18(16)31-4/h5-10,13H,11-12H2,1-4H3,(H,24,27)(H,25,28). The molecule has 0 fully saturated rings. The van der Waals surface area contributed by atoms with Crippen molar-refractivity contribution in [2.45, 2.75) is 26.3 Å². The summed E-state index contributed by atoms with van der Waals surface area (Å²) < 4.78 is 5.16. The molecule has 0 spiro atoms. The molecule has 0 atom stereocenters. The average Bonchev–Trinajstić information content (AvgIpc) is 3.00. The van der Waals surface area contributed by atoms with Crippen LogP contribution < -0.4 is 15.4 Å². The lowest BCUT2D eigenvalue weighted by molar-refractivity contribution is 0.0507. The Morgan fingerprint density at radius 1 is 0.903 bits per heavy atom. The Balaban J connectivity index is 1.59. The van der Waals surface area contributed by atoms with Gasteiger partial charge in [0.25, 0.3) is 23.6 Å². The Hall–Kier alpha value is -3.68. The Bertz CT molecular complexity index is 1060. The molecule has 2 aromatic rings. The lowest BCUT2D eigenvalue weighted by Crippen LogP contribution is -2.45. The highest BCUT2D eigenvalue weighted by molar-refractivity contribution is 6.22. The van der Waals surface area contributed by atoms with E-state index in [0.717, 1.165) is 0 Å². The highest BCUT2D eigenvalue weighted by atomic mass is 16.5. The number of imide groups is 1. The summed E-state index contributed by atoms with van der Waals surface area (Å²) in [4.78, 5) is 51.1. The molecule has 0 aliphatic carbocycles. The molecule has 2 aromatic carbocycles. The van der Waals surface area contributed by atoms with Gasteiger partial charge in [0.05, 0.1) is 23.8 Å². The molecule has 0 bridgehead atoms. The minimum absolute atomic E-state index is 0.192. The van der Waals surface area contributed by atoms with Crippen LogP contribution in [0.25, 0.3) is 0 Å². The molecule has 8 heteroatoms. The van der Waals surface area contributed by atoms with Crippen LogP contribution in [-0.4, -0.2) is 54.3 Å². The van der Waals surface area contributed by atoms with Crippen molar-refractivity contribution in [3.63, 3.8) is 0 Å². The van der Waals surface area contributed by atoms with Crippen molar-refractivity contribution in [1.29, 1.82) is 0 Å². The van der Waals surface area contributed by atoms with E-state index in [2.05, 4.69) is 10.6 Å². The molecule has 0 radical (unpaired) electrons. The monoisotopic (exact) mass is 423 g/mol.